The molecule has 0 bridgehead atoms. The van der Waals surface area contributed by atoms with E-state index < -0.39 is 68.1 Å². The van der Waals surface area contributed by atoms with Crippen LogP contribution in [-0.4, -0.2) is 69.4 Å². The lowest BCUT2D eigenvalue weighted by Gasteiger charge is -2.25. The van der Waals surface area contributed by atoms with Crippen LogP contribution in [0.25, 0.3) is 0 Å². The third-order valence-corrected chi connectivity index (χ3v) is 6.90. The maximum atomic E-state index is 13.7. The van der Waals surface area contributed by atoms with Gasteiger partial charge < -0.3 is 29.9 Å². The van der Waals surface area contributed by atoms with Gasteiger partial charge in [0.2, 0.25) is 5.88 Å². The number of nitrogens with zero attached hydrogens (tertiary/aromatic N) is 2. The van der Waals surface area contributed by atoms with Crippen LogP contribution in [0.1, 0.15) is 37.0 Å². The number of aliphatic hydroxyl groups is 1. The Hall–Kier alpha value is -3.29. The van der Waals surface area contributed by atoms with Crippen molar-refractivity contribution in [1.82, 2.24) is 14.6 Å². The molecule has 37 heavy (non-hydrogen) atoms. The number of imidazole rings is 1. The molecule has 1 fully saturated rings. The molecule has 1 aromatic carbocycles. The minimum atomic E-state index is -4.32. The summed E-state index contributed by atoms with van der Waals surface area (Å²) in [5, 5.41) is 23.1. The Bertz CT molecular complexity index is 1170. The summed E-state index contributed by atoms with van der Waals surface area (Å²) in [5.41, 5.74) is 4.65. The third-order valence-electron chi connectivity index (χ3n) is 5.33. The fourth-order valence-electron chi connectivity index (χ4n) is 3.58. The first-order valence-electron chi connectivity index (χ1n) is 11.2. The quantitative estimate of drug-likeness (QED) is 0.219. The van der Waals surface area contributed by atoms with Crippen molar-refractivity contribution in [3.05, 3.63) is 42.4 Å². The highest BCUT2D eigenvalue weighted by molar-refractivity contribution is 7.52. The van der Waals surface area contributed by atoms with E-state index in [0.29, 0.717) is 0 Å². The van der Waals surface area contributed by atoms with E-state index in [0.717, 1.165) is 10.9 Å². The Kier molecular flexibility index (Phi) is 9.05. The summed E-state index contributed by atoms with van der Waals surface area (Å²) in [4.78, 5) is 40.0. The van der Waals surface area contributed by atoms with E-state index in [-0.39, 0.29) is 18.1 Å². The van der Waals surface area contributed by atoms with Crippen molar-refractivity contribution in [1.29, 1.82) is 0 Å². The van der Waals surface area contributed by atoms with Crippen molar-refractivity contribution in [2.45, 2.75) is 44.7 Å². The number of methoxy groups -OCH3 is 1. The molecule has 2 aromatic rings. The number of rotatable bonds is 12. The average molecular weight is 540 g/mol. The van der Waals surface area contributed by atoms with Gasteiger partial charge in [-0.05, 0) is 24.5 Å². The van der Waals surface area contributed by atoms with Crippen LogP contribution in [0.4, 0.5) is 0 Å². The predicted octanol–water partition coefficient (Wildman–Crippen LogP) is 0.896. The number of aromatic hydroxyl groups is 1. The average Bonchev–Trinajstić information content (AvgIpc) is 3.36. The molecule has 5 atom stereocenters. The van der Waals surface area contributed by atoms with E-state index in [1.807, 2.05) is 13.8 Å². The summed E-state index contributed by atoms with van der Waals surface area (Å²) in [6, 6.07) is 6.95. The Morgan fingerprint density at radius 1 is 1.30 bits per heavy atom. The van der Waals surface area contributed by atoms with Crippen LogP contribution in [0.5, 0.6) is 11.6 Å². The summed E-state index contributed by atoms with van der Waals surface area (Å²) in [5.74, 6) is -3.12. The molecule has 0 spiro atoms. The van der Waals surface area contributed by atoms with Crippen LogP contribution in [0.3, 0.4) is 0 Å². The molecular weight excluding hydrogens is 511 g/mol. The minimum Gasteiger partial charge on any atom is -0.493 e. The normalized spacial score (nSPS) is 22.0. The summed E-state index contributed by atoms with van der Waals surface area (Å²) in [7, 11) is -3.14. The Balaban J connectivity index is 1.80. The molecular formula is C22H29N4O10P. The Morgan fingerprint density at radius 3 is 2.54 bits per heavy atom. The van der Waals surface area contributed by atoms with Gasteiger partial charge in [0.25, 0.3) is 5.91 Å². The summed E-state index contributed by atoms with van der Waals surface area (Å²) in [6.07, 6.45) is -3.49. The van der Waals surface area contributed by atoms with Gasteiger partial charge in [0.15, 0.2) is 23.8 Å². The standard InChI is InChI=1S/C22H29N4O10P/c1-12(2)9-14(22(31)33-3)25-37(32,36-13-7-5-4-6-8-13)34-10-15-17(27)18(28)21(35-15)26-11-24-16(19(23)29)20(26)30/h4-8,11-12,14-15,18,21,28,30H,9-10H2,1-3H3,(H2,23,29)(H,25,32)/t14-,15+,18+,21+,37?/m0/s1. The maximum absolute atomic E-state index is 13.7. The number of carbonyl (C=O) groups is 3. The largest absolute Gasteiger partial charge is 0.493 e. The summed E-state index contributed by atoms with van der Waals surface area (Å²) >= 11 is 0. The summed E-state index contributed by atoms with van der Waals surface area (Å²) < 4.78 is 36.0. The number of ether oxygens (including phenoxy) is 2. The highest BCUT2D eigenvalue weighted by Crippen LogP contribution is 2.46. The zero-order chi connectivity index (χ0) is 27.3. The van der Waals surface area contributed by atoms with E-state index >= 15 is 0 Å². The van der Waals surface area contributed by atoms with Gasteiger partial charge in [-0.25, -0.2) is 9.55 Å². The van der Waals surface area contributed by atoms with Crippen LogP contribution < -0.4 is 15.3 Å². The van der Waals surface area contributed by atoms with Crippen LogP contribution in [0.15, 0.2) is 36.7 Å². The first-order valence-corrected chi connectivity index (χ1v) is 12.8. The first kappa shape index (κ1) is 28.3. The van der Waals surface area contributed by atoms with Crippen LogP contribution in [0, 0.1) is 5.92 Å². The molecule has 202 valence electrons. The van der Waals surface area contributed by atoms with E-state index in [9.17, 15) is 29.2 Å². The van der Waals surface area contributed by atoms with Crippen molar-refractivity contribution in [3.63, 3.8) is 0 Å². The summed E-state index contributed by atoms with van der Waals surface area (Å²) in [6.45, 7) is 3.05. The van der Waals surface area contributed by atoms with Gasteiger partial charge in [-0.15, -0.1) is 0 Å². The maximum Gasteiger partial charge on any atom is 0.459 e. The van der Waals surface area contributed by atoms with E-state index in [1.165, 1.54) is 19.2 Å². The Labute approximate surface area is 212 Å². The number of amides is 1. The number of Topliss-reactive ketones (excluding diaryl/α,β-unsaturated/α-hetero) is 1. The topological polar surface area (TPSA) is 202 Å². The van der Waals surface area contributed by atoms with Crippen molar-refractivity contribution < 1.29 is 47.7 Å². The number of hydrogen-bond donors (Lipinski definition) is 4. The van der Waals surface area contributed by atoms with Crippen LogP contribution in [-0.2, 0) is 28.2 Å². The molecule has 1 unspecified atom stereocenters. The number of nitrogens with two attached hydrogens (primary N) is 1. The molecule has 1 aliphatic rings. The zero-order valence-corrected chi connectivity index (χ0v) is 21.2. The fraction of sp³-hybridized carbons (Fsp3) is 0.455. The molecule has 1 aliphatic heterocycles. The molecule has 2 heterocycles. The van der Waals surface area contributed by atoms with E-state index in [4.69, 9.17) is 24.3 Å². The van der Waals surface area contributed by atoms with Crippen LogP contribution >= 0.6 is 7.75 Å². The van der Waals surface area contributed by atoms with Gasteiger partial charge >= 0.3 is 13.7 Å². The smallest absolute Gasteiger partial charge is 0.459 e. The molecule has 1 saturated heterocycles. The monoisotopic (exact) mass is 540 g/mol. The molecule has 0 saturated carbocycles. The van der Waals surface area contributed by atoms with Gasteiger partial charge in [-0.1, -0.05) is 32.0 Å². The highest BCUT2D eigenvalue weighted by atomic mass is 31.2. The number of carbonyl (C=O) groups excluding carboxylic acids is 3. The fourth-order valence-corrected chi connectivity index (χ4v) is 5.08. The van der Waals surface area contributed by atoms with Gasteiger partial charge in [0.1, 0.15) is 24.2 Å². The number of ketones is 1. The third kappa shape index (κ3) is 6.73. The molecule has 5 N–H and O–H groups in total. The van der Waals surface area contributed by atoms with Crippen LogP contribution in [0.2, 0.25) is 0 Å². The predicted molar refractivity (Wildman–Crippen MR) is 126 cm³/mol. The van der Waals surface area contributed by atoms with E-state index in [2.05, 4.69) is 10.1 Å². The first-order chi connectivity index (χ1) is 17.5. The van der Waals surface area contributed by atoms with Gasteiger partial charge in [0, 0.05) is 0 Å². The molecule has 1 aromatic heterocycles. The number of aromatic nitrogens is 2. The minimum absolute atomic E-state index is 0.00516. The molecule has 0 aliphatic carbocycles. The second-order valence-corrected chi connectivity index (χ2v) is 10.3. The van der Waals surface area contributed by atoms with Crippen molar-refractivity contribution >= 4 is 25.4 Å². The lowest BCUT2D eigenvalue weighted by molar-refractivity contribution is -0.143. The lowest BCUT2D eigenvalue weighted by Crippen LogP contribution is -2.39. The van der Waals surface area contributed by atoms with Gasteiger partial charge in [0.05, 0.1) is 13.7 Å². The highest BCUT2D eigenvalue weighted by Gasteiger charge is 2.46. The van der Waals surface area contributed by atoms with Gasteiger partial charge in [-0.3, -0.25) is 23.5 Å². The number of esters is 1. The molecule has 1 amide bonds. The molecule has 15 heteroatoms. The lowest BCUT2D eigenvalue weighted by atomic mass is 10.1. The number of hydrogen-bond acceptors (Lipinski definition) is 11. The zero-order valence-electron chi connectivity index (χ0n) is 20.3. The van der Waals surface area contributed by atoms with E-state index in [1.54, 1.807) is 18.2 Å². The molecule has 3 rings (SSSR count). The second-order valence-electron chi connectivity index (χ2n) is 8.58. The van der Waals surface area contributed by atoms with Gasteiger partial charge in [-0.2, -0.15) is 5.09 Å². The molecule has 14 nitrogen and oxygen atoms in total. The molecule has 0 radical (unpaired) electrons. The van der Waals surface area contributed by atoms with Crippen molar-refractivity contribution in [2.24, 2.45) is 11.7 Å². The van der Waals surface area contributed by atoms with Crippen molar-refractivity contribution in [2.75, 3.05) is 13.7 Å². The Morgan fingerprint density at radius 2 is 1.97 bits per heavy atom. The second kappa shape index (κ2) is 11.8. The SMILES string of the molecule is COC(=O)[C@H](CC(C)C)NP(=O)(OC[C@H]1O[C@@H](n2cnc(C(N)=O)c2O)[C@H](O)C1=O)Oc1ccccc1. The number of aliphatic hydroxyl groups excluding tert-OH is 1. The van der Waals surface area contributed by atoms with Crippen molar-refractivity contribution in [3.8, 4) is 11.6 Å². The number of primary amides is 1. The number of para-hydroxylation sites is 1. The number of nitrogens with one attached hydrogen (secondary N) is 1. The number of benzene rings is 1.